The van der Waals surface area contributed by atoms with Crippen LogP contribution in [0.3, 0.4) is 0 Å². The molecule has 1 atom stereocenters. The van der Waals surface area contributed by atoms with E-state index in [1.54, 1.807) is 0 Å². The van der Waals surface area contributed by atoms with Gasteiger partial charge in [0.25, 0.3) is 0 Å². The third kappa shape index (κ3) is 5.45. The Morgan fingerprint density at radius 1 is 1.25 bits per heavy atom. The highest BCUT2D eigenvalue weighted by atomic mass is 19.1. The van der Waals surface area contributed by atoms with E-state index in [0.29, 0.717) is 6.04 Å². The van der Waals surface area contributed by atoms with E-state index < -0.39 is 0 Å². The number of hydrogen-bond acceptors (Lipinski definition) is 3. The number of rotatable bonds is 7. The molecule has 28 heavy (non-hydrogen) atoms. The molecule has 1 aromatic carbocycles. The molecule has 0 bridgehead atoms. The van der Waals surface area contributed by atoms with Crippen LogP contribution in [0.1, 0.15) is 19.4 Å². The molecule has 1 fully saturated rings. The Hall–Kier alpha value is -2.12. The van der Waals surface area contributed by atoms with Crippen molar-refractivity contribution >= 4 is 16.9 Å². The van der Waals surface area contributed by atoms with E-state index in [2.05, 4.69) is 46.3 Å². The number of aliphatic imine (C=N–C) groups is 1. The smallest absolute Gasteiger partial charge is 0.191 e. The van der Waals surface area contributed by atoms with E-state index in [-0.39, 0.29) is 5.82 Å². The lowest BCUT2D eigenvalue weighted by Gasteiger charge is -2.35. The van der Waals surface area contributed by atoms with E-state index in [4.69, 9.17) is 4.99 Å². The van der Waals surface area contributed by atoms with Crippen molar-refractivity contribution in [1.29, 1.82) is 0 Å². The van der Waals surface area contributed by atoms with Crippen LogP contribution >= 0.6 is 0 Å². The van der Waals surface area contributed by atoms with Gasteiger partial charge in [-0.1, -0.05) is 0 Å². The minimum absolute atomic E-state index is 0.213. The largest absolute Gasteiger partial charge is 0.361 e. The Labute approximate surface area is 167 Å². The molecule has 2 heterocycles. The first-order chi connectivity index (χ1) is 13.6. The number of halogens is 1. The van der Waals surface area contributed by atoms with Gasteiger partial charge in [-0.2, -0.15) is 0 Å². The van der Waals surface area contributed by atoms with Gasteiger partial charge in [0.05, 0.1) is 6.54 Å². The number of guanidine groups is 1. The van der Waals surface area contributed by atoms with Gasteiger partial charge >= 0.3 is 0 Å². The van der Waals surface area contributed by atoms with Crippen LogP contribution in [0, 0.1) is 5.82 Å². The summed E-state index contributed by atoms with van der Waals surface area (Å²) in [7, 11) is 2.18. The highest BCUT2D eigenvalue weighted by molar-refractivity contribution is 5.83. The minimum atomic E-state index is -0.213. The molecule has 2 aromatic rings. The summed E-state index contributed by atoms with van der Waals surface area (Å²) in [5.74, 6) is 0.643. The molecule has 6 nitrogen and oxygen atoms in total. The Balaban J connectivity index is 1.51. The maximum atomic E-state index is 13.3. The molecule has 0 saturated carbocycles. The SMILES string of the molecule is CCNC(=NCC(C)N1CCN(C)CC1)NCCc1c[nH]c2cc(F)ccc12. The number of nitrogens with zero attached hydrogens (tertiary/aromatic N) is 3. The molecule has 0 radical (unpaired) electrons. The predicted molar refractivity (Wildman–Crippen MR) is 114 cm³/mol. The van der Waals surface area contributed by atoms with Crippen LogP contribution in [-0.2, 0) is 6.42 Å². The molecule has 7 heteroatoms. The molecule has 3 rings (SSSR count). The summed E-state index contributed by atoms with van der Waals surface area (Å²) in [5.41, 5.74) is 2.03. The summed E-state index contributed by atoms with van der Waals surface area (Å²) in [6.07, 6.45) is 2.81. The lowest BCUT2D eigenvalue weighted by Crippen LogP contribution is -2.49. The van der Waals surface area contributed by atoms with Crippen molar-refractivity contribution in [3.05, 3.63) is 35.8 Å². The molecule has 1 aliphatic rings. The fourth-order valence-corrected chi connectivity index (χ4v) is 3.62. The van der Waals surface area contributed by atoms with Crippen LogP contribution in [0.15, 0.2) is 29.4 Å². The second-order valence-electron chi connectivity index (χ2n) is 7.59. The van der Waals surface area contributed by atoms with Gasteiger partial charge in [0.1, 0.15) is 5.82 Å². The van der Waals surface area contributed by atoms with Gasteiger partial charge in [-0.25, -0.2) is 4.39 Å². The Morgan fingerprint density at radius 2 is 2.04 bits per heavy atom. The summed E-state index contributed by atoms with van der Waals surface area (Å²) in [5, 5.41) is 7.83. The molecule has 0 spiro atoms. The second-order valence-corrected chi connectivity index (χ2v) is 7.59. The number of fused-ring (bicyclic) bond motifs is 1. The average molecular weight is 389 g/mol. The van der Waals surface area contributed by atoms with Gasteiger partial charge in [0, 0.05) is 62.4 Å². The molecule has 0 aliphatic carbocycles. The highest BCUT2D eigenvalue weighted by Crippen LogP contribution is 2.19. The number of hydrogen-bond donors (Lipinski definition) is 3. The number of piperazine rings is 1. The van der Waals surface area contributed by atoms with E-state index in [1.807, 2.05) is 12.3 Å². The average Bonchev–Trinajstić information content (AvgIpc) is 3.08. The Morgan fingerprint density at radius 3 is 2.79 bits per heavy atom. The van der Waals surface area contributed by atoms with Gasteiger partial charge in [-0.3, -0.25) is 9.89 Å². The second kappa shape index (κ2) is 9.89. The maximum absolute atomic E-state index is 13.3. The van der Waals surface area contributed by atoms with Crippen LogP contribution in [-0.4, -0.2) is 79.6 Å². The van der Waals surface area contributed by atoms with Crippen LogP contribution < -0.4 is 10.6 Å². The van der Waals surface area contributed by atoms with Crippen molar-refractivity contribution in [1.82, 2.24) is 25.4 Å². The van der Waals surface area contributed by atoms with E-state index in [1.165, 1.54) is 17.7 Å². The number of benzene rings is 1. The van der Waals surface area contributed by atoms with Gasteiger partial charge in [-0.05, 0) is 51.1 Å². The molecular formula is C21H33FN6. The quantitative estimate of drug-likeness (QED) is 0.502. The number of nitrogens with one attached hydrogen (secondary N) is 3. The number of aromatic nitrogens is 1. The fourth-order valence-electron chi connectivity index (χ4n) is 3.62. The predicted octanol–water partition coefficient (Wildman–Crippen LogP) is 2.04. The van der Waals surface area contributed by atoms with Crippen molar-refractivity contribution in [2.24, 2.45) is 4.99 Å². The third-order valence-electron chi connectivity index (χ3n) is 5.44. The standard InChI is InChI=1S/C21H33FN6/c1-4-23-21(26-14-16(2)28-11-9-27(3)10-12-28)24-8-7-17-15-25-20-13-18(22)5-6-19(17)20/h5-6,13,15-16,25H,4,7-12,14H2,1-3H3,(H2,23,24,26). The van der Waals surface area contributed by atoms with Crippen molar-refractivity contribution in [2.75, 3.05) is 52.9 Å². The van der Waals surface area contributed by atoms with Crippen molar-refractivity contribution < 1.29 is 4.39 Å². The van der Waals surface area contributed by atoms with Gasteiger partial charge in [-0.15, -0.1) is 0 Å². The zero-order chi connectivity index (χ0) is 19.9. The van der Waals surface area contributed by atoms with Gasteiger partial charge in [0.2, 0.25) is 0 Å². The lowest BCUT2D eigenvalue weighted by atomic mass is 10.1. The van der Waals surface area contributed by atoms with Crippen molar-refractivity contribution in [2.45, 2.75) is 26.3 Å². The first kappa shape index (κ1) is 20.6. The summed E-state index contributed by atoms with van der Waals surface area (Å²) >= 11 is 0. The van der Waals surface area contributed by atoms with Crippen LogP contribution in [0.5, 0.6) is 0 Å². The van der Waals surface area contributed by atoms with Gasteiger partial charge < -0.3 is 20.5 Å². The van der Waals surface area contributed by atoms with E-state index in [0.717, 1.165) is 69.1 Å². The number of likely N-dealkylation sites (N-methyl/N-ethyl adjacent to an activating group) is 1. The number of aromatic amines is 1. The summed E-state index contributed by atoms with van der Waals surface area (Å²) in [4.78, 5) is 12.8. The zero-order valence-corrected chi connectivity index (χ0v) is 17.3. The molecule has 1 aliphatic heterocycles. The summed E-state index contributed by atoms with van der Waals surface area (Å²) in [6, 6.07) is 5.33. The van der Waals surface area contributed by atoms with Crippen LogP contribution in [0.2, 0.25) is 0 Å². The van der Waals surface area contributed by atoms with Gasteiger partial charge in [0.15, 0.2) is 5.96 Å². The highest BCUT2D eigenvalue weighted by Gasteiger charge is 2.18. The minimum Gasteiger partial charge on any atom is -0.361 e. The Kier molecular flexibility index (Phi) is 7.28. The molecule has 1 saturated heterocycles. The normalized spacial score (nSPS) is 17.8. The first-order valence-electron chi connectivity index (χ1n) is 10.3. The molecule has 1 unspecified atom stereocenters. The molecule has 1 aromatic heterocycles. The Bertz CT molecular complexity index is 778. The first-order valence-corrected chi connectivity index (χ1v) is 10.3. The summed E-state index contributed by atoms with van der Waals surface area (Å²) in [6.45, 7) is 11.2. The van der Waals surface area contributed by atoms with Crippen molar-refractivity contribution in [3.8, 4) is 0 Å². The van der Waals surface area contributed by atoms with Crippen LogP contribution in [0.4, 0.5) is 4.39 Å². The molecule has 3 N–H and O–H groups in total. The topological polar surface area (TPSA) is 58.7 Å². The molecule has 0 amide bonds. The lowest BCUT2D eigenvalue weighted by molar-refractivity contribution is 0.122. The van der Waals surface area contributed by atoms with Crippen LogP contribution in [0.25, 0.3) is 10.9 Å². The maximum Gasteiger partial charge on any atom is 0.191 e. The van der Waals surface area contributed by atoms with Crippen molar-refractivity contribution in [3.63, 3.8) is 0 Å². The number of H-pyrrole nitrogens is 1. The summed E-state index contributed by atoms with van der Waals surface area (Å²) < 4.78 is 13.3. The molecule has 154 valence electrons. The monoisotopic (exact) mass is 388 g/mol. The fraction of sp³-hybridized carbons (Fsp3) is 0.571. The molecular weight excluding hydrogens is 355 g/mol. The van der Waals surface area contributed by atoms with E-state index in [9.17, 15) is 4.39 Å². The van der Waals surface area contributed by atoms with E-state index >= 15 is 0 Å². The third-order valence-corrected chi connectivity index (χ3v) is 5.44. The zero-order valence-electron chi connectivity index (χ0n) is 17.3.